The number of nitrogens with zero attached hydrogens (tertiary/aromatic N) is 1. The third-order valence-electron chi connectivity index (χ3n) is 3.31. The number of amides is 1. The van der Waals surface area contributed by atoms with Crippen molar-refractivity contribution in [3.8, 4) is 0 Å². The molecule has 0 radical (unpaired) electrons. The van der Waals surface area contributed by atoms with Gasteiger partial charge >= 0.3 is 6.18 Å². The zero-order valence-corrected chi connectivity index (χ0v) is 12.5. The zero-order chi connectivity index (χ0) is 16.2. The van der Waals surface area contributed by atoms with E-state index in [0.29, 0.717) is 31.3 Å². The number of carbonyl (C=O) groups excluding carboxylic acids is 1. The molecular formula is C14H16ClF3N2O2. The third kappa shape index (κ3) is 4.86. The number of morpholine rings is 1. The van der Waals surface area contributed by atoms with Crippen LogP contribution in [0.15, 0.2) is 24.3 Å². The van der Waals surface area contributed by atoms with Gasteiger partial charge in [0.05, 0.1) is 19.8 Å². The van der Waals surface area contributed by atoms with Crippen molar-refractivity contribution in [1.82, 2.24) is 10.2 Å². The smallest absolute Gasteiger partial charge is 0.379 e. The Hall–Kier alpha value is -1.31. The van der Waals surface area contributed by atoms with Gasteiger partial charge in [0.15, 0.2) is 6.04 Å². The molecule has 1 saturated heterocycles. The lowest BCUT2D eigenvalue weighted by Crippen LogP contribution is -2.46. The van der Waals surface area contributed by atoms with E-state index in [4.69, 9.17) is 16.3 Å². The Labute approximate surface area is 131 Å². The van der Waals surface area contributed by atoms with Gasteiger partial charge in [-0.1, -0.05) is 23.7 Å². The Balaban J connectivity index is 2.03. The summed E-state index contributed by atoms with van der Waals surface area (Å²) in [7, 11) is 0. The molecule has 0 spiro atoms. The summed E-state index contributed by atoms with van der Waals surface area (Å²) in [5.74, 6) is -0.667. The van der Waals surface area contributed by atoms with Crippen molar-refractivity contribution in [2.75, 3.05) is 32.8 Å². The number of halogens is 4. The van der Waals surface area contributed by atoms with Crippen molar-refractivity contribution in [1.29, 1.82) is 0 Å². The monoisotopic (exact) mass is 336 g/mol. The van der Waals surface area contributed by atoms with Crippen LogP contribution in [-0.4, -0.2) is 49.8 Å². The summed E-state index contributed by atoms with van der Waals surface area (Å²) in [6, 6.07) is 3.21. The summed E-state index contributed by atoms with van der Waals surface area (Å²) in [6.07, 6.45) is -4.57. The number of carbonyl (C=O) groups is 1. The Morgan fingerprint density at radius 2 is 1.86 bits per heavy atom. The van der Waals surface area contributed by atoms with Crippen LogP contribution in [0.1, 0.15) is 11.6 Å². The minimum atomic E-state index is -4.57. The maximum atomic E-state index is 13.2. The van der Waals surface area contributed by atoms with Crippen LogP contribution in [0.5, 0.6) is 0 Å². The molecule has 0 bridgehead atoms. The van der Waals surface area contributed by atoms with Crippen LogP contribution in [0, 0.1) is 0 Å². The van der Waals surface area contributed by atoms with Crippen LogP contribution in [0.2, 0.25) is 5.02 Å². The number of hydrogen-bond acceptors (Lipinski definition) is 3. The summed E-state index contributed by atoms with van der Waals surface area (Å²) in [4.78, 5) is 13.6. The maximum Gasteiger partial charge on any atom is 0.412 e. The molecule has 0 unspecified atom stereocenters. The second-order valence-electron chi connectivity index (χ2n) is 4.98. The van der Waals surface area contributed by atoms with Crippen LogP contribution in [0.4, 0.5) is 13.2 Å². The van der Waals surface area contributed by atoms with Gasteiger partial charge in [-0.15, -0.1) is 0 Å². The second-order valence-corrected chi connectivity index (χ2v) is 5.42. The topological polar surface area (TPSA) is 41.6 Å². The average Bonchev–Trinajstić information content (AvgIpc) is 2.46. The van der Waals surface area contributed by atoms with Crippen LogP contribution in [0.3, 0.4) is 0 Å². The Morgan fingerprint density at radius 1 is 1.27 bits per heavy atom. The minimum Gasteiger partial charge on any atom is -0.379 e. The molecule has 1 aromatic carbocycles. The molecule has 1 N–H and O–H groups in total. The molecule has 1 aromatic rings. The number of nitrogens with one attached hydrogen (secondary N) is 1. The van der Waals surface area contributed by atoms with Crippen molar-refractivity contribution < 1.29 is 22.7 Å². The molecular weight excluding hydrogens is 321 g/mol. The van der Waals surface area contributed by atoms with Gasteiger partial charge in [-0.3, -0.25) is 9.69 Å². The fourth-order valence-corrected chi connectivity index (χ4v) is 2.30. The van der Waals surface area contributed by atoms with Crippen LogP contribution in [0.25, 0.3) is 0 Å². The number of hydrogen-bond donors (Lipinski definition) is 1. The lowest BCUT2D eigenvalue weighted by atomic mass is 10.1. The first-order valence-corrected chi connectivity index (χ1v) is 7.15. The Morgan fingerprint density at radius 3 is 2.41 bits per heavy atom. The average molecular weight is 337 g/mol. The van der Waals surface area contributed by atoms with E-state index in [0.717, 1.165) is 0 Å². The van der Waals surface area contributed by atoms with E-state index < -0.39 is 18.1 Å². The number of benzene rings is 1. The molecule has 1 atom stereocenters. The fraction of sp³-hybridized carbons (Fsp3) is 0.500. The standard InChI is InChI=1S/C14H16ClF3N2O2/c15-11-3-1-10(2-4-11)13(14(16,17)18)19-12(21)9-20-5-7-22-8-6-20/h1-4,13H,5-9H2,(H,19,21)/t13-/m1/s1. The second kappa shape index (κ2) is 7.30. The first-order chi connectivity index (χ1) is 10.4. The molecule has 1 heterocycles. The minimum absolute atomic E-state index is 0.0489. The van der Waals surface area contributed by atoms with Crippen LogP contribution in [-0.2, 0) is 9.53 Å². The first-order valence-electron chi connectivity index (χ1n) is 6.78. The van der Waals surface area contributed by atoms with Crippen molar-refractivity contribution in [3.63, 3.8) is 0 Å². The van der Waals surface area contributed by atoms with Crippen molar-refractivity contribution >= 4 is 17.5 Å². The Kier molecular flexibility index (Phi) is 5.66. The lowest BCUT2D eigenvalue weighted by molar-refractivity contribution is -0.164. The molecule has 122 valence electrons. The highest BCUT2D eigenvalue weighted by Gasteiger charge is 2.41. The summed E-state index contributed by atoms with van der Waals surface area (Å²) < 4.78 is 44.6. The van der Waals surface area contributed by atoms with Gasteiger partial charge in [-0.25, -0.2) is 0 Å². The van der Waals surface area contributed by atoms with E-state index in [1.54, 1.807) is 4.90 Å². The van der Waals surface area contributed by atoms with E-state index in [-0.39, 0.29) is 12.1 Å². The zero-order valence-electron chi connectivity index (χ0n) is 11.7. The predicted molar refractivity (Wildman–Crippen MR) is 75.6 cm³/mol. The normalized spacial score (nSPS) is 18.0. The van der Waals surface area contributed by atoms with Gasteiger partial charge in [0.25, 0.3) is 0 Å². The lowest BCUT2D eigenvalue weighted by Gasteiger charge is -2.28. The van der Waals surface area contributed by atoms with E-state index in [1.165, 1.54) is 24.3 Å². The quantitative estimate of drug-likeness (QED) is 0.918. The molecule has 0 saturated carbocycles. The summed E-state index contributed by atoms with van der Waals surface area (Å²) in [5, 5.41) is 2.39. The van der Waals surface area contributed by atoms with Gasteiger partial charge in [-0.2, -0.15) is 13.2 Å². The highest BCUT2D eigenvalue weighted by atomic mass is 35.5. The largest absolute Gasteiger partial charge is 0.412 e. The molecule has 0 aliphatic carbocycles. The third-order valence-corrected chi connectivity index (χ3v) is 3.56. The summed E-state index contributed by atoms with van der Waals surface area (Å²) >= 11 is 5.68. The van der Waals surface area contributed by atoms with Gasteiger partial charge in [0, 0.05) is 18.1 Å². The number of alkyl halides is 3. The van der Waals surface area contributed by atoms with E-state index in [9.17, 15) is 18.0 Å². The van der Waals surface area contributed by atoms with Crippen molar-refractivity contribution in [2.24, 2.45) is 0 Å². The van der Waals surface area contributed by atoms with E-state index in [2.05, 4.69) is 5.32 Å². The van der Waals surface area contributed by atoms with E-state index in [1.807, 2.05) is 0 Å². The number of rotatable bonds is 4. The SMILES string of the molecule is O=C(CN1CCOCC1)N[C@H](c1ccc(Cl)cc1)C(F)(F)F. The van der Waals surface area contributed by atoms with Gasteiger partial charge in [-0.05, 0) is 17.7 Å². The molecule has 1 aliphatic rings. The predicted octanol–water partition coefficient (Wildman–Crippen LogP) is 2.39. The molecule has 1 aliphatic heterocycles. The summed E-state index contributed by atoms with van der Waals surface area (Å²) in [6.45, 7) is 1.94. The fourth-order valence-electron chi connectivity index (χ4n) is 2.18. The van der Waals surface area contributed by atoms with Gasteiger partial charge < -0.3 is 10.1 Å². The Bertz CT molecular complexity index is 502. The van der Waals surface area contributed by atoms with Crippen molar-refractivity contribution in [2.45, 2.75) is 12.2 Å². The summed E-state index contributed by atoms with van der Waals surface area (Å²) in [5.41, 5.74) is -0.0489. The van der Waals surface area contributed by atoms with Crippen LogP contribution < -0.4 is 5.32 Å². The molecule has 1 amide bonds. The van der Waals surface area contributed by atoms with Gasteiger partial charge in [0.2, 0.25) is 5.91 Å². The molecule has 22 heavy (non-hydrogen) atoms. The molecule has 1 fully saturated rings. The first kappa shape index (κ1) is 17.1. The highest BCUT2D eigenvalue weighted by Crippen LogP contribution is 2.33. The molecule has 4 nitrogen and oxygen atoms in total. The number of ether oxygens (including phenoxy) is 1. The van der Waals surface area contributed by atoms with Crippen LogP contribution >= 0.6 is 11.6 Å². The maximum absolute atomic E-state index is 13.2. The van der Waals surface area contributed by atoms with Gasteiger partial charge in [0.1, 0.15) is 0 Å². The molecule has 0 aromatic heterocycles. The highest BCUT2D eigenvalue weighted by molar-refractivity contribution is 6.30. The van der Waals surface area contributed by atoms with Crippen molar-refractivity contribution in [3.05, 3.63) is 34.9 Å². The molecule has 2 rings (SSSR count). The van der Waals surface area contributed by atoms with E-state index >= 15 is 0 Å². The molecule has 8 heteroatoms.